The molecule has 1 aliphatic carbocycles. The summed E-state index contributed by atoms with van der Waals surface area (Å²) in [6.07, 6.45) is 0.671. The van der Waals surface area contributed by atoms with Crippen molar-refractivity contribution in [1.29, 1.82) is 0 Å². The fourth-order valence-corrected chi connectivity index (χ4v) is 1.97. The van der Waals surface area contributed by atoms with E-state index in [0.717, 1.165) is 18.8 Å². The van der Waals surface area contributed by atoms with Gasteiger partial charge >= 0.3 is 0 Å². The molecule has 1 unspecified atom stereocenters. The number of nitrogens with zero attached hydrogens (tertiary/aromatic N) is 1. The first-order valence-corrected chi connectivity index (χ1v) is 4.99. The molecule has 0 radical (unpaired) electrons. The molecule has 2 rings (SSSR count). The van der Waals surface area contributed by atoms with Crippen LogP contribution in [0.4, 0.5) is 0 Å². The lowest BCUT2D eigenvalue weighted by atomic mass is 10.1. The highest BCUT2D eigenvalue weighted by Crippen LogP contribution is 2.29. The Hall–Kier alpha value is -1.03. The lowest BCUT2D eigenvalue weighted by molar-refractivity contribution is -0.120. The van der Waals surface area contributed by atoms with Gasteiger partial charge < -0.3 is 14.7 Å². The lowest BCUT2D eigenvalue weighted by Crippen LogP contribution is -2.35. The Balaban J connectivity index is 2.13. The molecule has 1 N–H and O–H groups in total. The van der Waals surface area contributed by atoms with E-state index in [4.69, 9.17) is 4.74 Å². The van der Waals surface area contributed by atoms with Gasteiger partial charge in [0.25, 0.3) is 0 Å². The second kappa shape index (κ2) is 3.61. The van der Waals surface area contributed by atoms with Gasteiger partial charge in [0.05, 0.1) is 18.9 Å². The van der Waals surface area contributed by atoms with E-state index < -0.39 is 0 Å². The molecule has 0 aromatic heterocycles. The Morgan fingerprint density at radius 1 is 1.43 bits per heavy atom. The van der Waals surface area contributed by atoms with Gasteiger partial charge in [0, 0.05) is 25.4 Å². The Morgan fingerprint density at radius 2 is 2.07 bits per heavy atom. The number of carbonyl (C=O) groups is 1. The molecule has 1 heterocycles. The molecule has 2 aliphatic rings. The number of rotatable bonds is 1. The molecule has 1 aliphatic heterocycles. The van der Waals surface area contributed by atoms with Crippen molar-refractivity contribution in [2.24, 2.45) is 5.92 Å². The van der Waals surface area contributed by atoms with Crippen LogP contribution in [0, 0.1) is 5.92 Å². The van der Waals surface area contributed by atoms with Crippen molar-refractivity contribution < 1.29 is 14.6 Å². The van der Waals surface area contributed by atoms with E-state index >= 15 is 0 Å². The van der Waals surface area contributed by atoms with Crippen molar-refractivity contribution in [3.63, 3.8) is 0 Å². The fourth-order valence-electron chi connectivity index (χ4n) is 1.97. The zero-order valence-corrected chi connectivity index (χ0v) is 8.32. The number of morpholine rings is 1. The summed E-state index contributed by atoms with van der Waals surface area (Å²) in [6, 6.07) is 0. The van der Waals surface area contributed by atoms with E-state index in [9.17, 15) is 9.90 Å². The number of carbonyl (C=O) groups excluding carboxylic acids is 1. The number of ether oxygens (including phenoxy) is 1. The smallest absolute Gasteiger partial charge is 0.202 e. The molecule has 78 valence electrons. The summed E-state index contributed by atoms with van der Waals surface area (Å²) in [5, 5.41) is 9.63. The van der Waals surface area contributed by atoms with E-state index in [-0.39, 0.29) is 17.5 Å². The zero-order chi connectivity index (χ0) is 10.1. The summed E-state index contributed by atoms with van der Waals surface area (Å²) in [6.45, 7) is 4.77. The summed E-state index contributed by atoms with van der Waals surface area (Å²) in [5.74, 6) is -0.210. The number of allylic oxidation sites excluding steroid dienone is 2. The van der Waals surface area contributed by atoms with Crippen molar-refractivity contribution >= 4 is 5.78 Å². The van der Waals surface area contributed by atoms with Crippen molar-refractivity contribution in [2.75, 3.05) is 26.3 Å². The number of hydrogen-bond acceptors (Lipinski definition) is 4. The van der Waals surface area contributed by atoms with Crippen LogP contribution < -0.4 is 0 Å². The molecule has 0 aromatic carbocycles. The minimum absolute atomic E-state index is 0.0283. The van der Waals surface area contributed by atoms with Crippen molar-refractivity contribution in [1.82, 2.24) is 4.90 Å². The second-order valence-electron chi connectivity index (χ2n) is 3.86. The molecule has 0 saturated carbocycles. The number of hydrogen-bond donors (Lipinski definition) is 1. The van der Waals surface area contributed by atoms with Gasteiger partial charge in [-0.05, 0) is 0 Å². The van der Waals surface area contributed by atoms with E-state index in [1.165, 1.54) is 0 Å². The first-order valence-electron chi connectivity index (χ1n) is 4.99. The average molecular weight is 197 g/mol. The standard InChI is InChI=1S/C10H15NO3/c1-7-6-8(10(13)9(7)12)11-2-4-14-5-3-11/h7,13H,2-6H2,1H3. The number of aliphatic hydroxyl groups excluding tert-OH is 1. The van der Waals surface area contributed by atoms with Crippen LogP contribution in [0.25, 0.3) is 0 Å². The van der Waals surface area contributed by atoms with Gasteiger partial charge in [0.1, 0.15) is 0 Å². The summed E-state index contributed by atoms with van der Waals surface area (Å²) in [7, 11) is 0. The third-order valence-corrected chi connectivity index (χ3v) is 2.85. The largest absolute Gasteiger partial charge is 0.503 e. The summed E-state index contributed by atoms with van der Waals surface area (Å²) in [5.41, 5.74) is 0.811. The predicted molar refractivity (Wildman–Crippen MR) is 50.8 cm³/mol. The van der Waals surface area contributed by atoms with E-state index in [0.29, 0.717) is 19.6 Å². The molecule has 0 amide bonds. The van der Waals surface area contributed by atoms with Crippen molar-refractivity contribution in [3.8, 4) is 0 Å². The number of Topliss-reactive ketones (excluding diaryl/α,β-unsaturated/α-hetero) is 1. The van der Waals surface area contributed by atoms with Gasteiger partial charge in [-0.1, -0.05) is 6.92 Å². The zero-order valence-electron chi connectivity index (χ0n) is 8.32. The van der Waals surface area contributed by atoms with E-state index in [1.54, 1.807) is 0 Å². The molecule has 1 fully saturated rings. The van der Waals surface area contributed by atoms with Crippen LogP contribution in [0.5, 0.6) is 0 Å². The Kier molecular flexibility index (Phi) is 2.46. The molecule has 14 heavy (non-hydrogen) atoms. The number of ketones is 1. The SMILES string of the molecule is CC1CC(N2CCOCC2)=C(O)C1=O. The summed E-state index contributed by atoms with van der Waals surface area (Å²) in [4.78, 5) is 13.4. The quantitative estimate of drug-likeness (QED) is 0.672. The van der Waals surface area contributed by atoms with Gasteiger partial charge in [0.2, 0.25) is 5.78 Å². The normalized spacial score (nSPS) is 28.8. The molecule has 4 heteroatoms. The molecule has 1 atom stereocenters. The van der Waals surface area contributed by atoms with E-state index in [2.05, 4.69) is 4.90 Å². The van der Waals surface area contributed by atoms with Crippen LogP contribution in [0.3, 0.4) is 0 Å². The molecule has 4 nitrogen and oxygen atoms in total. The lowest BCUT2D eigenvalue weighted by Gasteiger charge is -2.29. The molecule has 1 saturated heterocycles. The van der Waals surface area contributed by atoms with E-state index in [1.807, 2.05) is 6.92 Å². The minimum Gasteiger partial charge on any atom is -0.503 e. The Labute approximate surface area is 83.2 Å². The molecular weight excluding hydrogens is 182 g/mol. The first-order chi connectivity index (χ1) is 6.70. The maximum Gasteiger partial charge on any atom is 0.202 e. The van der Waals surface area contributed by atoms with Gasteiger partial charge in [-0.25, -0.2) is 0 Å². The monoisotopic (exact) mass is 197 g/mol. The molecule has 0 aromatic rings. The van der Waals surface area contributed by atoms with Crippen LogP contribution in [-0.4, -0.2) is 42.1 Å². The highest BCUT2D eigenvalue weighted by atomic mass is 16.5. The molecule has 0 bridgehead atoms. The van der Waals surface area contributed by atoms with Gasteiger partial charge in [-0.2, -0.15) is 0 Å². The predicted octanol–water partition coefficient (Wildman–Crippen LogP) is 0.697. The second-order valence-corrected chi connectivity index (χ2v) is 3.86. The molecule has 0 spiro atoms. The van der Waals surface area contributed by atoms with Gasteiger partial charge in [-0.3, -0.25) is 4.79 Å². The maximum absolute atomic E-state index is 11.4. The van der Waals surface area contributed by atoms with Crippen LogP contribution >= 0.6 is 0 Å². The fraction of sp³-hybridized carbons (Fsp3) is 0.700. The Morgan fingerprint density at radius 3 is 2.57 bits per heavy atom. The van der Waals surface area contributed by atoms with Crippen LogP contribution in [0.2, 0.25) is 0 Å². The minimum atomic E-state index is -0.119. The van der Waals surface area contributed by atoms with Gasteiger partial charge in [-0.15, -0.1) is 0 Å². The average Bonchev–Trinajstić information content (AvgIpc) is 2.47. The molecular formula is C10H15NO3. The van der Waals surface area contributed by atoms with Crippen molar-refractivity contribution in [3.05, 3.63) is 11.5 Å². The summed E-state index contributed by atoms with van der Waals surface area (Å²) >= 11 is 0. The van der Waals surface area contributed by atoms with Crippen LogP contribution in [0.1, 0.15) is 13.3 Å². The highest BCUT2D eigenvalue weighted by molar-refractivity contribution is 5.97. The number of aliphatic hydroxyl groups is 1. The van der Waals surface area contributed by atoms with Gasteiger partial charge in [0.15, 0.2) is 5.76 Å². The summed E-state index contributed by atoms with van der Waals surface area (Å²) < 4.78 is 5.22. The van der Waals surface area contributed by atoms with Crippen molar-refractivity contribution in [2.45, 2.75) is 13.3 Å². The van der Waals surface area contributed by atoms with Crippen LogP contribution in [-0.2, 0) is 9.53 Å². The van der Waals surface area contributed by atoms with Crippen LogP contribution in [0.15, 0.2) is 11.5 Å². The highest BCUT2D eigenvalue weighted by Gasteiger charge is 2.33. The third kappa shape index (κ3) is 1.50. The maximum atomic E-state index is 11.4. The Bertz CT molecular complexity index is 279. The topological polar surface area (TPSA) is 49.8 Å². The first kappa shape index (κ1) is 9.52. The third-order valence-electron chi connectivity index (χ3n) is 2.85.